The largest absolute Gasteiger partial charge is 0.456 e. The summed E-state index contributed by atoms with van der Waals surface area (Å²) in [6.45, 7) is 0. The summed E-state index contributed by atoms with van der Waals surface area (Å²) in [5.74, 6) is -0.919. The lowest BCUT2D eigenvalue weighted by atomic mass is 9.99. The number of para-hydroxylation sites is 2. The minimum atomic E-state index is -0.688. The Balaban J connectivity index is 1.31. The van der Waals surface area contributed by atoms with Gasteiger partial charge in [-0.05, 0) is 53.4 Å². The zero-order valence-electron chi connectivity index (χ0n) is 41.9. The van der Waals surface area contributed by atoms with Crippen LogP contribution in [0, 0.1) is 0 Å². The fourth-order valence-electron chi connectivity index (χ4n) is 6.37. The van der Waals surface area contributed by atoms with Crippen molar-refractivity contribution in [2.24, 2.45) is 0 Å². The highest BCUT2D eigenvalue weighted by Crippen LogP contribution is 2.40. The number of aromatic nitrogens is 4. The molecule has 11 aromatic rings. The third kappa shape index (κ3) is 4.26. The summed E-state index contributed by atoms with van der Waals surface area (Å²) < 4.78 is 157. The summed E-state index contributed by atoms with van der Waals surface area (Å²) in [6, 6.07) is 8.13. The summed E-state index contributed by atoms with van der Waals surface area (Å²) in [5, 5.41) is -0.889. The van der Waals surface area contributed by atoms with Gasteiger partial charge in [0.15, 0.2) is 11.6 Å². The van der Waals surface area contributed by atoms with Crippen molar-refractivity contribution in [3.8, 4) is 39.9 Å². The molecule has 0 radical (unpaired) electrons. The predicted molar refractivity (Wildman–Crippen MR) is 205 cm³/mol. The molecule has 4 aromatic heterocycles. The van der Waals surface area contributed by atoms with Gasteiger partial charge >= 0.3 is 0 Å². The Morgan fingerprint density at radius 2 is 1.14 bits per heavy atom. The summed E-state index contributed by atoms with van der Waals surface area (Å²) in [4.78, 5) is 14.2. The molecule has 0 saturated carbocycles. The minimum absolute atomic E-state index is 0.0679. The van der Waals surface area contributed by atoms with E-state index in [4.69, 9.17) is 32.5 Å². The molecule has 0 aliphatic carbocycles. The van der Waals surface area contributed by atoms with Gasteiger partial charge in [-0.25, -0.2) is 4.98 Å². The number of rotatable bonds is 4. The quantitative estimate of drug-likeness (QED) is 0.186. The van der Waals surface area contributed by atoms with Crippen LogP contribution in [0.15, 0.2) is 166 Å². The van der Waals surface area contributed by atoms with Crippen molar-refractivity contribution in [2.75, 3.05) is 0 Å². The zero-order chi connectivity index (χ0) is 47.4. The van der Waals surface area contributed by atoms with Crippen LogP contribution in [-0.4, -0.2) is 19.5 Å². The summed E-state index contributed by atoms with van der Waals surface area (Å²) >= 11 is 0. The summed E-state index contributed by atoms with van der Waals surface area (Å²) in [7, 11) is 0. The van der Waals surface area contributed by atoms with E-state index in [9.17, 15) is 8.22 Å². The molecule has 0 N–H and O–H groups in total. The lowest BCUT2D eigenvalue weighted by molar-refractivity contribution is 0.669. The normalized spacial score (nSPS) is 16.3. The third-order valence-corrected chi connectivity index (χ3v) is 8.63. The van der Waals surface area contributed by atoms with Crippen LogP contribution < -0.4 is 0 Å². The van der Waals surface area contributed by atoms with Crippen molar-refractivity contribution < 1.29 is 30.8 Å². The van der Waals surface area contributed by atoms with E-state index < -0.39 is 102 Å². The molecule has 51 heavy (non-hydrogen) atoms. The highest BCUT2D eigenvalue weighted by molar-refractivity contribution is 6.17. The highest BCUT2D eigenvalue weighted by Gasteiger charge is 2.21. The molecule has 0 amide bonds. The molecule has 0 aliphatic heterocycles. The first-order valence-electron chi connectivity index (χ1n) is 23.7. The van der Waals surface area contributed by atoms with Gasteiger partial charge in [0.05, 0.1) is 33.0 Å². The van der Waals surface area contributed by atoms with E-state index in [2.05, 4.69) is 4.98 Å². The SMILES string of the molecule is [2H]c1c([2H])c([2H])c2c(oc3c([2H])c4c5c([2H])c([2H])c([2H])c([2H])c5n(-c5nc(-c6ccccc6)nc(-c6c([2H])c([2H])c7c(oc8c([2H])c([2H])c([2H])c(-c9ccccc9)c87)c6[2H])n5)c4c([2H])c32)c1[2H]. The van der Waals surface area contributed by atoms with E-state index in [0.29, 0.717) is 11.1 Å². The van der Waals surface area contributed by atoms with E-state index in [1.165, 1.54) is 0 Å². The highest BCUT2D eigenvalue weighted by atomic mass is 16.3. The molecule has 6 nitrogen and oxygen atoms in total. The molecule has 4 heterocycles. The van der Waals surface area contributed by atoms with Crippen LogP contribution in [0.2, 0.25) is 0 Å². The van der Waals surface area contributed by atoms with Crippen molar-refractivity contribution in [3.63, 3.8) is 0 Å². The predicted octanol–water partition coefficient (Wildman–Crippen LogP) is 11.8. The molecule has 0 atom stereocenters. The van der Waals surface area contributed by atoms with Gasteiger partial charge in [0.1, 0.15) is 22.3 Å². The van der Waals surface area contributed by atoms with Crippen LogP contribution in [0.5, 0.6) is 0 Å². The second-order valence-corrected chi connectivity index (χ2v) is 11.6. The third-order valence-electron chi connectivity index (χ3n) is 8.63. The van der Waals surface area contributed by atoms with Crippen LogP contribution in [-0.2, 0) is 0 Å². The van der Waals surface area contributed by atoms with Crippen LogP contribution in [0.1, 0.15) is 21.9 Å². The Kier molecular flexibility index (Phi) is 3.48. The van der Waals surface area contributed by atoms with Crippen LogP contribution in [0.3, 0.4) is 0 Å². The van der Waals surface area contributed by atoms with E-state index in [1.807, 2.05) is 0 Å². The number of hydrogen-bond donors (Lipinski definition) is 0. The van der Waals surface area contributed by atoms with E-state index in [1.54, 1.807) is 60.7 Å². The number of nitrogens with zero attached hydrogens (tertiary/aromatic N) is 4. The number of fused-ring (bicyclic) bond motifs is 9. The maximum atomic E-state index is 9.75. The molecule has 7 aromatic carbocycles. The first kappa shape index (κ1) is 16.6. The number of furan rings is 2. The van der Waals surface area contributed by atoms with Crippen LogP contribution in [0.25, 0.3) is 106 Å². The van der Waals surface area contributed by atoms with Gasteiger partial charge in [0.25, 0.3) is 0 Å². The van der Waals surface area contributed by atoms with E-state index in [-0.39, 0.29) is 88.7 Å². The Bertz CT molecular complexity index is 4060. The number of hydrogen-bond acceptors (Lipinski definition) is 5. The fourth-order valence-corrected chi connectivity index (χ4v) is 6.37. The molecule has 11 rings (SSSR count). The molecule has 0 unspecified atom stereocenters. The molecule has 0 bridgehead atoms. The van der Waals surface area contributed by atoms with Crippen molar-refractivity contribution >= 4 is 65.7 Å². The zero-order valence-corrected chi connectivity index (χ0v) is 25.9. The Labute approximate surface area is 313 Å². The van der Waals surface area contributed by atoms with Crippen molar-refractivity contribution in [1.82, 2.24) is 19.5 Å². The Hall–Kier alpha value is -7.05. The van der Waals surface area contributed by atoms with Gasteiger partial charge in [-0.3, -0.25) is 4.57 Å². The maximum absolute atomic E-state index is 9.75. The second kappa shape index (κ2) is 10.7. The first-order chi connectivity index (χ1) is 32.0. The number of benzene rings is 7. The molecule has 0 saturated heterocycles. The van der Waals surface area contributed by atoms with Crippen molar-refractivity contribution in [1.29, 1.82) is 0 Å². The average molecular weight is 671 g/mol. The van der Waals surface area contributed by atoms with Gasteiger partial charge < -0.3 is 8.83 Å². The molecular weight excluding hydrogens is 629 g/mol. The fraction of sp³-hybridized carbons (Fsp3) is 0. The van der Waals surface area contributed by atoms with E-state index >= 15 is 0 Å². The van der Waals surface area contributed by atoms with Gasteiger partial charge in [-0.1, -0.05) is 115 Å². The summed E-state index contributed by atoms with van der Waals surface area (Å²) in [5.41, 5.74) is -1.07. The van der Waals surface area contributed by atoms with Crippen LogP contribution >= 0.6 is 0 Å². The smallest absolute Gasteiger partial charge is 0.238 e. The van der Waals surface area contributed by atoms with Crippen molar-refractivity contribution in [3.05, 3.63) is 157 Å². The second-order valence-electron chi connectivity index (χ2n) is 11.6. The van der Waals surface area contributed by atoms with E-state index in [0.717, 1.165) is 4.57 Å². The monoisotopic (exact) mass is 670 g/mol. The molecule has 0 aliphatic rings. The minimum Gasteiger partial charge on any atom is -0.456 e. The lowest BCUT2D eigenvalue weighted by Gasteiger charge is -2.11. The van der Waals surface area contributed by atoms with Gasteiger partial charge in [-0.2, -0.15) is 9.97 Å². The molecule has 238 valence electrons. The first-order valence-corrected chi connectivity index (χ1v) is 15.7. The molecule has 0 fully saturated rings. The summed E-state index contributed by atoms with van der Waals surface area (Å²) in [6.07, 6.45) is 0. The van der Waals surface area contributed by atoms with Gasteiger partial charge in [0.2, 0.25) is 5.95 Å². The Morgan fingerprint density at radius 3 is 1.98 bits per heavy atom. The average Bonchev–Trinajstić information content (AvgIpc) is 4.05. The standard InChI is InChI=1S/C45H26N4O2/c1-3-12-27(13-4-1)30-18-11-21-39-42(30)33-23-22-29(24-40(33)51-39)44-46-43(28-14-5-2-6-15-28)47-45(48-44)49-36-19-9-7-16-31(36)34-26-41-35(25-37(34)49)32-17-8-10-20-38(32)50-41/h1-26H/i7D,8D,9D,10D,11D,16D,17D,18D,19D,20D,21D,22D,23D,24D,25D,26D. The molecule has 0 spiro atoms. The Morgan fingerprint density at radius 1 is 0.451 bits per heavy atom. The van der Waals surface area contributed by atoms with Gasteiger partial charge in [-0.15, -0.1) is 0 Å². The van der Waals surface area contributed by atoms with Crippen molar-refractivity contribution in [2.45, 2.75) is 0 Å². The maximum Gasteiger partial charge on any atom is 0.238 e. The van der Waals surface area contributed by atoms with Crippen LogP contribution in [0.4, 0.5) is 0 Å². The van der Waals surface area contributed by atoms with Gasteiger partial charge in [0, 0.05) is 43.4 Å². The topological polar surface area (TPSA) is 69.9 Å². The lowest BCUT2D eigenvalue weighted by Crippen LogP contribution is -2.06. The molecule has 6 heteroatoms. The molecular formula is C45H26N4O2.